The molecule has 0 aliphatic heterocycles. The van der Waals surface area contributed by atoms with Crippen LogP contribution in [0.4, 0.5) is 0 Å². The van der Waals surface area contributed by atoms with Crippen molar-refractivity contribution in [2.45, 2.75) is 51.0 Å². The third-order valence-electron chi connectivity index (χ3n) is 5.82. The number of nitrogens with one attached hydrogen (secondary N) is 1. The van der Waals surface area contributed by atoms with E-state index in [2.05, 4.69) is 11.1 Å². The smallest absolute Gasteiger partial charge is 0.253 e. The number of aliphatic hydroxyl groups excluding tert-OH is 1. The molecule has 0 radical (unpaired) electrons. The molecule has 2 unspecified atom stereocenters. The molecule has 0 spiro atoms. The van der Waals surface area contributed by atoms with Crippen LogP contribution in [0.25, 0.3) is 10.9 Å². The number of hydrogen-bond donors (Lipinski definition) is 2. The molecule has 1 aromatic carbocycles. The number of carbonyl (C=O) groups excluding carboxylic acids is 1. The number of carbonyl (C=O) groups is 1. The van der Waals surface area contributed by atoms with E-state index in [1.165, 1.54) is 29.5 Å². The van der Waals surface area contributed by atoms with Crippen LogP contribution in [0.5, 0.6) is 0 Å². The summed E-state index contributed by atoms with van der Waals surface area (Å²) in [5.41, 5.74) is 4.65. The number of fused-ring (bicyclic) bond motifs is 3. The summed E-state index contributed by atoms with van der Waals surface area (Å²) < 4.78 is 0. The van der Waals surface area contributed by atoms with Gasteiger partial charge in [0.15, 0.2) is 0 Å². The van der Waals surface area contributed by atoms with Crippen molar-refractivity contribution in [3.8, 4) is 0 Å². The maximum absolute atomic E-state index is 12.8. The van der Waals surface area contributed by atoms with Crippen LogP contribution in [0.15, 0.2) is 18.2 Å². The Morgan fingerprint density at radius 2 is 2.08 bits per heavy atom. The average molecular weight is 326 g/mol. The maximum atomic E-state index is 12.8. The van der Waals surface area contributed by atoms with Crippen molar-refractivity contribution in [1.29, 1.82) is 0 Å². The van der Waals surface area contributed by atoms with E-state index in [0.29, 0.717) is 6.54 Å². The molecule has 1 heterocycles. The molecule has 24 heavy (non-hydrogen) atoms. The van der Waals surface area contributed by atoms with Gasteiger partial charge in [0, 0.05) is 41.7 Å². The first kappa shape index (κ1) is 15.7. The quantitative estimate of drug-likeness (QED) is 0.909. The second-order valence-corrected chi connectivity index (χ2v) is 7.49. The molecule has 1 amide bonds. The molecule has 1 fully saturated rings. The number of H-pyrrole nitrogens is 1. The van der Waals surface area contributed by atoms with Gasteiger partial charge in [-0.1, -0.05) is 6.42 Å². The molecule has 2 N–H and O–H groups in total. The van der Waals surface area contributed by atoms with Crippen LogP contribution in [-0.2, 0) is 12.8 Å². The Morgan fingerprint density at radius 1 is 1.25 bits per heavy atom. The number of rotatable bonds is 3. The Kier molecular flexibility index (Phi) is 4.09. The number of hydrogen-bond acceptors (Lipinski definition) is 2. The molecule has 4 rings (SSSR count). The van der Waals surface area contributed by atoms with E-state index in [9.17, 15) is 9.90 Å². The standard InChI is InChI=1S/C20H26N2O2/c1-22(12-14-5-4-8-19(14)23)20(24)13-9-10-18-16(11-13)15-6-2-3-7-17(15)21-18/h9-11,14,19,21,23H,2-8,12H2,1H3. The molecule has 1 saturated carbocycles. The number of nitrogens with zero attached hydrogens (tertiary/aromatic N) is 1. The molecule has 128 valence electrons. The molecular weight excluding hydrogens is 300 g/mol. The van der Waals surface area contributed by atoms with Crippen molar-refractivity contribution < 1.29 is 9.90 Å². The first-order valence-corrected chi connectivity index (χ1v) is 9.20. The Balaban J connectivity index is 1.57. The van der Waals surface area contributed by atoms with Gasteiger partial charge in [0.05, 0.1) is 6.10 Å². The number of aromatic amines is 1. The van der Waals surface area contributed by atoms with Crippen LogP contribution >= 0.6 is 0 Å². The number of aromatic nitrogens is 1. The van der Waals surface area contributed by atoms with Crippen molar-refractivity contribution in [3.63, 3.8) is 0 Å². The first-order valence-electron chi connectivity index (χ1n) is 9.20. The highest BCUT2D eigenvalue weighted by Crippen LogP contribution is 2.30. The van der Waals surface area contributed by atoms with Crippen LogP contribution in [0.1, 0.15) is 53.7 Å². The molecule has 2 aliphatic carbocycles. The van der Waals surface area contributed by atoms with Crippen LogP contribution < -0.4 is 0 Å². The van der Waals surface area contributed by atoms with Gasteiger partial charge in [-0.15, -0.1) is 0 Å². The summed E-state index contributed by atoms with van der Waals surface area (Å²) in [7, 11) is 1.85. The minimum Gasteiger partial charge on any atom is -0.393 e. The Labute approximate surface area is 142 Å². The SMILES string of the molecule is CN(CC1CCCC1O)C(=O)c1ccc2[nH]c3c(c2c1)CCCC3. The van der Waals surface area contributed by atoms with E-state index in [1.54, 1.807) is 4.90 Å². The van der Waals surface area contributed by atoms with Gasteiger partial charge in [0.1, 0.15) is 0 Å². The fourth-order valence-electron chi connectivity index (χ4n) is 4.42. The van der Waals surface area contributed by atoms with Gasteiger partial charge in [-0.05, 0) is 62.3 Å². The lowest BCUT2D eigenvalue weighted by atomic mass is 9.95. The molecule has 4 heteroatoms. The molecule has 2 atom stereocenters. The van der Waals surface area contributed by atoms with E-state index >= 15 is 0 Å². The lowest BCUT2D eigenvalue weighted by molar-refractivity contribution is 0.0693. The number of benzene rings is 1. The Morgan fingerprint density at radius 3 is 2.88 bits per heavy atom. The van der Waals surface area contributed by atoms with Crippen LogP contribution in [0.3, 0.4) is 0 Å². The number of aliphatic hydroxyl groups is 1. The highest BCUT2D eigenvalue weighted by molar-refractivity contribution is 5.99. The van der Waals surface area contributed by atoms with Gasteiger partial charge in [0.2, 0.25) is 0 Å². The normalized spacial score (nSPS) is 23.4. The van der Waals surface area contributed by atoms with E-state index in [1.807, 2.05) is 19.2 Å². The fraction of sp³-hybridized carbons (Fsp3) is 0.550. The fourth-order valence-corrected chi connectivity index (χ4v) is 4.42. The van der Waals surface area contributed by atoms with E-state index in [0.717, 1.165) is 43.2 Å². The maximum Gasteiger partial charge on any atom is 0.253 e. The van der Waals surface area contributed by atoms with E-state index in [4.69, 9.17) is 0 Å². The summed E-state index contributed by atoms with van der Waals surface area (Å²) in [4.78, 5) is 18.1. The van der Waals surface area contributed by atoms with Gasteiger partial charge in [0.25, 0.3) is 5.91 Å². The molecule has 4 nitrogen and oxygen atoms in total. The Hall–Kier alpha value is -1.81. The molecule has 1 aromatic heterocycles. The molecule has 2 aromatic rings. The minimum absolute atomic E-state index is 0.0572. The van der Waals surface area contributed by atoms with Crippen molar-refractivity contribution in [3.05, 3.63) is 35.0 Å². The summed E-state index contributed by atoms with van der Waals surface area (Å²) >= 11 is 0. The summed E-state index contributed by atoms with van der Waals surface area (Å²) in [6.45, 7) is 0.642. The summed E-state index contributed by atoms with van der Waals surface area (Å²) in [5.74, 6) is 0.282. The van der Waals surface area contributed by atoms with Crippen LogP contribution in [0, 0.1) is 5.92 Å². The Bertz CT molecular complexity index is 764. The predicted octanol–water partition coefficient (Wildman–Crippen LogP) is 3.28. The highest BCUT2D eigenvalue weighted by Gasteiger charge is 2.28. The van der Waals surface area contributed by atoms with Crippen molar-refractivity contribution in [1.82, 2.24) is 9.88 Å². The zero-order valence-corrected chi connectivity index (χ0v) is 14.3. The molecule has 2 aliphatic rings. The molecular formula is C20H26N2O2. The number of aryl methyl sites for hydroxylation is 2. The molecule has 0 saturated heterocycles. The molecule has 0 bridgehead atoms. The van der Waals surface area contributed by atoms with Gasteiger partial charge in [-0.3, -0.25) is 4.79 Å². The lowest BCUT2D eigenvalue weighted by Crippen LogP contribution is -2.34. The van der Waals surface area contributed by atoms with Gasteiger partial charge >= 0.3 is 0 Å². The van der Waals surface area contributed by atoms with Crippen LogP contribution in [-0.4, -0.2) is 40.6 Å². The van der Waals surface area contributed by atoms with Gasteiger partial charge in [-0.25, -0.2) is 0 Å². The average Bonchev–Trinajstić information content (AvgIpc) is 3.17. The highest BCUT2D eigenvalue weighted by atomic mass is 16.3. The van der Waals surface area contributed by atoms with Gasteiger partial charge in [-0.2, -0.15) is 0 Å². The first-order chi connectivity index (χ1) is 11.6. The van der Waals surface area contributed by atoms with Crippen molar-refractivity contribution >= 4 is 16.8 Å². The zero-order chi connectivity index (χ0) is 16.7. The monoisotopic (exact) mass is 326 g/mol. The van der Waals surface area contributed by atoms with Gasteiger partial charge < -0.3 is 15.0 Å². The van der Waals surface area contributed by atoms with E-state index < -0.39 is 0 Å². The predicted molar refractivity (Wildman–Crippen MR) is 95.2 cm³/mol. The summed E-state index contributed by atoms with van der Waals surface area (Å²) in [6.07, 6.45) is 7.41. The minimum atomic E-state index is -0.251. The largest absolute Gasteiger partial charge is 0.393 e. The second kappa shape index (κ2) is 6.25. The van der Waals surface area contributed by atoms with Crippen LogP contribution in [0.2, 0.25) is 0 Å². The third-order valence-corrected chi connectivity index (χ3v) is 5.82. The van der Waals surface area contributed by atoms with E-state index in [-0.39, 0.29) is 17.9 Å². The summed E-state index contributed by atoms with van der Waals surface area (Å²) in [6, 6.07) is 6.02. The van der Waals surface area contributed by atoms with Crippen molar-refractivity contribution in [2.75, 3.05) is 13.6 Å². The van der Waals surface area contributed by atoms with Crippen molar-refractivity contribution in [2.24, 2.45) is 5.92 Å². The topological polar surface area (TPSA) is 56.3 Å². The lowest BCUT2D eigenvalue weighted by Gasteiger charge is -2.23. The summed E-state index contributed by atoms with van der Waals surface area (Å²) in [5, 5.41) is 11.2. The number of amides is 1. The third kappa shape index (κ3) is 2.73. The second-order valence-electron chi connectivity index (χ2n) is 7.49. The zero-order valence-electron chi connectivity index (χ0n) is 14.3.